The molecule has 2 N–H and O–H groups in total. The predicted molar refractivity (Wildman–Crippen MR) is 65.7 cm³/mol. The first-order chi connectivity index (χ1) is 7.52. The highest BCUT2D eigenvalue weighted by Crippen LogP contribution is 2.02. The minimum absolute atomic E-state index is 0.112. The summed E-state index contributed by atoms with van der Waals surface area (Å²) in [6, 6.07) is 0. The topological polar surface area (TPSA) is 50.7 Å². The molecule has 1 unspecified atom stereocenters. The molecular weight excluding hydrogens is 206 g/mol. The van der Waals surface area contributed by atoms with Gasteiger partial charge in [0.15, 0.2) is 0 Å². The van der Waals surface area contributed by atoms with Crippen LogP contribution in [0.5, 0.6) is 0 Å². The normalized spacial score (nSPS) is 14.1. The molecule has 16 heavy (non-hydrogen) atoms. The van der Waals surface area contributed by atoms with Gasteiger partial charge in [-0.05, 0) is 20.3 Å². The summed E-state index contributed by atoms with van der Waals surface area (Å²) in [4.78, 5) is 0. The molecule has 0 fully saturated rings. The van der Waals surface area contributed by atoms with Crippen molar-refractivity contribution in [2.75, 3.05) is 33.5 Å². The van der Waals surface area contributed by atoms with E-state index in [1.54, 1.807) is 7.11 Å². The molecule has 0 saturated heterocycles. The standard InChI is InChI=1S/C12H27NO3/c1-5-6-7-16-9-11(14)8-13-12(2,3)10-15-4/h11,13-14H,5-10H2,1-4H3. The van der Waals surface area contributed by atoms with Crippen LogP contribution in [0.25, 0.3) is 0 Å². The summed E-state index contributed by atoms with van der Waals surface area (Å²) >= 11 is 0. The Labute approximate surface area is 99.3 Å². The number of hydrogen-bond acceptors (Lipinski definition) is 4. The predicted octanol–water partition coefficient (Wildman–Crippen LogP) is 1.18. The summed E-state index contributed by atoms with van der Waals surface area (Å²) in [6.45, 7) is 8.49. The zero-order chi connectivity index (χ0) is 12.4. The maximum absolute atomic E-state index is 9.65. The van der Waals surface area contributed by atoms with Gasteiger partial charge in [-0.25, -0.2) is 0 Å². The van der Waals surface area contributed by atoms with E-state index in [2.05, 4.69) is 12.2 Å². The minimum Gasteiger partial charge on any atom is -0.389 e. The van der Waals surface area contributed by atoms with Gasteiger partial charge in [0.1, 0.15) is 0 Å². The second kappa shape index (κ2) is 8.93. The van der Waals surface area contributed by atoms with Crippen molar-refractivity contribution in [1.29, 1.82) is 0 Å². The van der Waals surface area contributed by atoms with E-state index >= 15 is 0 Å². The number of aliphatic hydroxyl groups excluding tert-OH is 1. The average Bonchev–Trinajstić information content (AvgIpc) is 2.22. The summed E-state index contributed by atoms with van der Waals surface area (Å²) in [6.07, 6.45) is 1.72. The summed E-state index contributed by atoms with van der Waals surface area (Å²) in [5.74, 6) is 0. The zero-order valence-corrected chi connectivity index (χ0v) is 11.1. The highest BCUT2D eigenvalue weighted by atomic mass is 16.5. The van der Waals surface area contributed by atoms with Crippen LogP contribution in [0.1, 0.15) is 33.6 Å². The zero-order valence-electron chi connectivity index (χ0n) is 11.1. The van der Waals surface area contributed by atoms with E-state index in [0.717, 1.165) is 19.4 Å². The number of rotatable bonds is 10. The molecule has 0 rings (SSSR count). The Morgan fingerprint density at radius 2 is 2.06 bits per heavy atom. The summed E-state index contributed by atoms with van der Waals surface area (Å²) < 4.78 is 10.4. The van der Waals surface area contributed by atoms with Crippen molar-refractivity contribution >= 4 is 0 Å². The summed E-state index contributed by atoms with van der Waals surface area (Å²) in [5, 5.41) is 12.9. The third-order valence-electron chi connectivity index (χ3n) is 2.27. The largest absolute Gasteiger partial charge is 0.389 e. The summed E-state index contributed by atoms with van der Waals surface area (Å²) in [7, 11) is 1.67. The number of aliphatic hydroxyl groups is 1. The molecule has 4 nitrogen and oxygen atoms in total. The molecule has 0 spiro atoms. The number of nitrogens with one attached hydrogen (secondary N) is 1. The van der Waals surface area contributed by atoms with E-state index < -0.39 is 6.10 Å². The lowest BCUT2D eigenvalue weighted by atomic mass is 10.1. The first-order valence-corrected chi connectivity index (χ1v) is 6.01. The molecule has 0 saturated carbocycles. The number of unbranched alkanes of at least 4 members (excludes halogenated alkanes) is 1. The van der Waals surface area contributed by atoms with E-state index in [1.807, 2.05) is 13.8 Å². The molecule has 0 aliphatic heterocycles. The Balaban J connectivity index is 3.52. The molecule has 0 aromatic rings. The van der Waals surface area contributed by atoms with Crippen molar-refractivity contribution in [2.24, 2.45) is 0 Å². The van der Waals surface area contributed by atoms with Gasteiger partial charge < -0.3 is 19.9 Å². The quantitative estimate of drug-likeness (QED) is 0.556. The molecule has 98 valence electrons. The van der Waals surface area contributed by atoms with Crippen LogP contribution in [0.2, 0.25) is 0 Å². The van der Waals surface area contributed by atoms with Crippen molar-refractivity contribution in [3.05, 3.63) is 0 Å². The monoisotopic (exact) mass is 233 g/mol. The van der Waals surface area contributed by atoms with E-state index in [1.165, 1.54) is 0 Å². The molecule has 0 amide bonds. The van der Waals surface area contributed by atoms with Gasteiger partial charge in [-0.3, -0.25) is 0 Å². The van der Waals surface area contributed by atoms with Crippen molar-refractivity contribution < 1.29 is 14.6 Å². The van der Waals surface area contributed by atoms with Crippen LogP contribution >= 0.6 is 0 Å². The van der Waals surface area contributed by atoms with Crippen molar-refractivity contribution in [3.8, 4) is 0 Å². The Bertz CT molecular complexity index is 162. The van der Waals surface area contributed by atoms with Crippen LogP contribution in [0.15, 0.2) is 0 Å². The van der Waals surface area contributed by atoms with Crippen molar-refractivity contribution in [3.63, 3.8) is 0 Å². The van der Waals surface area contributed by atoms with Gasteiger partial charge in [0.25, 0.3) is 0 Å². The Morgan fingerprint density at radius 1 is 1.38 bits per heavy atom. The van der Waals surface area contributed by atoms with Gasteiger partial charge in [0.2, 0.25) is 0 Å². The summed E-state index contributed by atoms with van der Waals surface area (Å²) in [5.41, 5.74) is -0.112. The van der Waals surface area contributed by atoms with Gasteiger partial charge in [-0.2, -0.15) is 0 Å². The molecule has 0 radical (unpaired) electrons. The lowest BCUT2D eigenvalue weighted by Crippen LogP contribution is -2.47. The van der Waals surface area contributed by atoms with E-state index in [0.29, 0.717) is 19.8 Å². The fourth-order valence-corrected chi connectivity index (χ4v) is 1.33. The van der Waals surface area contributed by atoms with Gasteiger partial charge >= 0.3 is 0 Å². The van der Waals surface area contributed by atoms with Crippen LogP contribution in [-0.4, -0.2) is 50.2 Å². The van der Waals surface area contributed by atoms with E-state index in [9.17, 15) is 5.11 Å². The van der Waals surface area contributed by atoms with Crippen LogP contribution in [0, 0.1) is 0 Å². The molecular formula is C12H27NO3. The Kier molecular flexibility index (Phi) is 8.84. The van der Waals surface area contributed by atoms with Crippen LogP contribution in [0.3, 0.4) is 0 Å². The van der Waals surface area contributed by atoms with E-state index in [4.69, 9.17) is 9.47 Å². The number of β-amino-alcohol motifs (C(OH)–C–C–N with tert-alkyl or cyclic N) is 1. The van der Waals surface area contributed by atoms with Gasteiger partial charge in [-0.15, -0.1) is 0 Å². The van der Waals surface area contributed by atoms with Crippen LogP contribution < -0.4 is 5.32 Å². The molecule has 0 heterocycles. The third kappa shape index (κ3) is 9.09. The highest BCUT2D eigenvalue weighted by molar-refractivity contribution is 4.78. The Hall–Kier alpha value is -0.160. The Morgan fingerprint density at radius 3 is 2.62 bits per heavy atom. The second-order valence-corrected chi connectivity index (χ2v) is 4.78. The number of ether oxygens (including phenoxy) is 2. The van der Waals surface area contributed by atoms with Gasteiger partial charge in [-0.1, -0.05) is 13.3 Å². The number of methoxy groups -OCH3 is 1. The molecule has 4 heteroatoms. The van der Waals surface area contributed by atoms with Gasteiger partial charge in [0.05, 0.1) is 19.3 Å². The maximum atomic E-state index is 9.65. The van der Waals surface area contributed by atoms with Crippen molar-refractivity contribution in [1.82, 2.24) is 5.32 Å². The molecule has 0 aromatic heterocycles. The van der Waals surface area contributed by atoms with Crippen LogP contribution in [0.4, 0.5) is 0 Å². The van der Waals surface area contributed by atoms with Crippen molar-refractivity contribution in [2.45, 2.75) is 45.3 Å². The smallest absolute Gasteiger partial charge is 0.0897 e. The molecule has 0 aromatic carbocycles. The highest BCUT2D eigenvalue weighted by Gasteiger charge is 2.17. The molecule has 0 aliphatic carbocycles. The van der Waals surface area contributed by atoms with Gasteiger partial charge in [0, 0.05) is 25.8 Å². The number of hydrogen-bond donors (Lipinski definition) is 2. The average molecular weight is 233 g/mol. The fourth-order valence-electron chi connectivity index (χ4n) is 1.33. The fraction of sp³-hybridized carbons (Fsp3) is 1.00. The van der Waals surface area contributed by atoms with Crippen LogP contribution in [-0.2, 0) is 9.47 Å². The first-order valence-electron chi connectivity index (χ1n) is 6.01. The molecule has 0 aliphatic rings. The molecule has 0 bridgehead atoms. The minimum atomic E-state index is -0.451. The van der Waals surface area contributed by atoms with E-state index in [-0.39, 0.29) is 5.54 Å². The lowest BCUT2D eigenvalue weighted by Gasteiger charge is -2.26. The first kappa shape index (κ1) is 15.8. The third-order valence-corrected chi connectivity index (χ3v) is 2.27. The molecule has 1 atom stereocenters. The lowest BCUT2D eigenvalue weighted by molar-refractivity contribution is 0.0285. The SMILES string of the molecule is CCCCOCC(O)CNC(C)(C)COC. The second-order valence-electron chi connectivity index (χ2n) is 4.78. The maximum Gasteiger partial charge on any atom is 0.0897 e.